The third kappa shape index (κ3) is 5.83. The summed E-state index contributed by atoms with van der Waals surface area (Å²) in [4.78, 5) is 33.3. The first-order valence-electron chi connectivity index (χ1n) is 10.6. The molecule has 4 rings (SSSR count). The Labute approximate surface area is 204 Å². The van der Waals surface area contributed by atoms with Crippen LogP contribution in [0.15, 0.2) is 35.0 Å². The molecule has 1 aliphatic rings. The van der Waals surface area contributed by atoms with Crippen LogP contribution in [0.2, 0.25) is 0 Å². The molecule has 2 heterocycles. The first-order chi connectivity index (χ1) is 16.7. The van der Waals surface area contributed by atoms with Crippen molar-refractivity contribution in [1.82, 2.24) is 20.4 Å². The van der Waals surface area contributed by atoms with Crippen LogP contribution in [0.25, 0.3) is 11.4 Å². The Morgan fingerprint density at radius 2 is 2.03 bits per heavy atom. The highest BCUT2D eigenvalue weighted by Crippen LogP contribution is 2.38. The highest BCUT2D eigenvalue weighted by molar-refractivity contribution is 6.60. The number of hydrogen-bond acceptors (Lipinski definition) is 9. The number of benzene rings is 1. The average Bonchev–Trinajstić information content (AvgIpc) is 3.55. The van der Waals surface area contributed by atoms with E-state index < -0.39 is 17.8 Å². The maximum Gasteiger partial charge on any atom is 0.253 e. The quantitative estimate of drug-likeness (QED) is 0.331. The van der Waals surface area contributed by atoms with Crippen LogP contribution in [-0.2, 0) is 11.4 Å². The number of aromatic nitrogens is 3. The van der Waals surface area contributed by atoms with E-state index in [1.165, 1.54) is 19.4 Å². The molecule has 11 nitrogen and oxygen atoms in total. The topological polar surface area (TPSA) is 151 Å². The second kappa shape index (κ2) is 9.83. The van der Waals surface area contributed by atoms with Crippen molar-refractivity contribution in [2.75, 3.05) is 17.7 Å². The Morgan fingerprint density at radius 1 is 1.26 bits per heavy atom. The number of aliphatic hydroxyl groups excluding tert-OH is 1. The van der Waals surface area contributed by atoms with E-state index in [4.69, 9.17) is 32.8 Å². The molecule has 0 bridgehead atoms. The first kappa shape index (κ1) is 24.3. The third-order valence-electron chi connectivity index (χ3n) is 5.01. The predicted octanol–water partition coefficient (Wildman–Crippen LogP) is 0.571. The van der Waals surface area contributed by atoms with Crippen molar-refractivity contribution in [3.63, 3.8) is 0 Å². The molecule has 2 aromatic heterocycles. The number of carbonyl (C=O) groups is 2. The van der Waals surface area contributed by atoms with Crippen molar-refractivity contribution in [2.45, 2.75) is 24.7 Å². The van der Waals surface area contributed by atoms with E-state index >= 15 is 0 Å². The molecule has 0 atom stereocenters. The number of amides is 2. The van der Waals surface area contributed by atoms with Crippen LogP contribution in [0.1, 0.15) is 29.1 Å². The Kier molecular flexibility index (Phi) is 6.83. The van der Waals surface area contributed by atoms with Crippen LogP contribution >= 0.6 is 0 Å². The molecule has 0 unspecified atom stereocenters. The number of nitrogens with one attached hydrogen (secondary N) is 3. The summed E-state index contributed by atoms with van der Waals surface area (Å²) < 4.78 is 10.5. The van der Waals surface area contributed by atoms with E-state index in [2.05, 4.69) is 31.1 Å². The summed E-state index contributed by atoms with van der Waals surface area (Å²) in [6.07, 6.45) is 2.90. The molecule has 2 amide bonds. The van der Waals surface area contributed by atoms with Gasteiger partial charge in [0.25, 0.3) is 11.8 Å². The second-order valence-corrected chi connectivity index (χ2v) is 7.95. The van der Waals surface area contributed by atoms with E-state index in [0.29, 0.717) is 17.0 Å². The molecular weight excluding hydrogens is 449 g/mol. The summed E-state index contributed by atoms with van der Waals surface area (Å²) in [5.41, 5.74) is 1.20. The molecule has 172 valence electrons. The predicted molar refractivity (Wildman–Crippen MR) is 129 cm³/mol. The van der Waals surface area contributed by atoms with Gasteiger partial charge in [-0.2, -0.15) is 4.98 Å². The Bertz CT molecular complexity index is 1260. The number of pyridine rings is 1. The molecule has 1 aromatic carbocycles. The van der Waals surface area contributed by atoms with Crippen molar-refractivity contribution in [1.29, 1.82) is 0 Å². The van der Waals surface area contributed by atoms with Crippen molar-refractivity contribution >= 4 is 52.5 Å². The lowest BCUT2D eigenvalue weighted by Gasteiger charge is -2.23. The zero-order valence-electron chi connectivity index (χ0n) is 18.7. The summed E-state index contributed by atoms with van der Waals surface area (Å²) in [5.74, 6) is -0.0942. The molecule has 6 radical (unpaired) electrons. The fourth-order valence-corrected chi connectivity index (χ4v) is 3.25. The Balaban J connectivity index is 1.72. The SMILES string of the molecule is [B]C([B])([B])NC(=O)c1cnc(NC(=O)C2CC2)cc1Nc1cccc(-c2noc(CO)n2)c1OC. The highest BCUT2D eigenvalue weighted by Gasteiger charge is 2.30. The van der Waals surface area contributed by atoms with E-state index in [1.54, 1.807) is 18.2 Å². The molecular formula is C21H19B3N6O5. The fraction of sp³-hybridized carbons (Fsp3) is 0.286. The number of carbonyl (C=O) groups excluding carboxylic acids is 2. The second-order valence-electron chi connectivity index (χ2n) is 7.95. The van der Waals surface area contributed by atoms with Crippen LogP contribution in [0.4, 0.5) is 17.2 Å². The summed E-state index contributed by atoms with van der Waals surface area (Å²) in [5, 5.41) is 19.2. The Morgan fingerprint density at radius 3 is 2.66 bits per heavy atom. The van der Waals surface area contributed by atoms with Crippen LogP contribution in [0.5, 0.6) is 5.75 Å². The van der Waals surface area contributed by atoms with E-state index in [9.17, 15) is 14.7 Å². The van der Waals surface area contributed by atoms with Gasteiger partial charge in [0, 0.05) is 18.2 Å². The molecule has 0 aliphatic heterocycles. The first-order valence-corrected chi connectivity index (χ1v) is 10.6. The zero-order chi connectivity index (χ0) is 25.2. The summed E-state index contributed by atoms with van der Waals surface area (Å²) in [6.45, 7) is -0.414. The van der Waals surface area contributed by atoms with Gasteiger partial charge in [-0.15, -0.1) is 0 Å². The number of nitrogens with zero attached hydrogens (tertiary/aromatic N) is 3. The maximum atomic E-state index is 12.8. The van der Waals surface area contributed by atoms with Crippen molar-refractivity contribution in [3.05, 3.63) is 41.9 Å². The standard InChI is InChI=1S/C21H19B3N6O5/c1-34-17-11(18-28-16(9-31)35-30-18)3-2-4-13(17)26-14-7-15(27-19(32)10-5-6-10)25-8-12(14)20(33)29-21(22,23)24/h2-4,7-8,10,31H,5-6,9H2,1H3,(H,29,33)(H2,25,26,27,32). The molecule has 14 heteroatoms. The van der Waals surface area contributed by atoms with Crippen LogP contribution < -0.4 is 20.7 Å². The van der Waals surface area contributed by atoms with E-state index in [0.717, 1.165) is 12.8 Å². The van der Waals surface area contributed by atoms with Gasteiger partial charge >= 0.3 is 0 Å². The average molecular weight is 468 g/mol. The summed E-state index contributed by atoms with van der Waals surface area (Å²) in [6, 6.07) is 6.59. The smallest absolute Gasteiger partial charge is 0.253 e. The van der Waals surface area contributed by atoms with Crippen LogP contribution in [-0.4, -0.2) is 67.9 Å². The molecule has 0 saturated heterocycles. The zero-order valence-corrected chi connectivity index (χ0v) is 18.7. The van der Waals surface area contributed by atoms with E-state index in [1.807, 2.05) is 0 Å². The summed E-state index contributed by atoms with van der Waals surface area (Å²) >= 11 is 0. The number of hydrogen-bond donors (Lipinski definition) is 4. The maximum absolute atomic E-state index is 12.8. The molecule has 1 aliphatic carbocycles. The molecule has 3 aromatic rings. The molecule has 0 spiro atoms. The van der Waals surface area contributed by atoms with Gasteiger partial charge in [0.05, 0.1) is 53.2 Å². The van der Waals surface area contributed by atoms with E-state index in [-0.39, 0.29) is 40.6 Å². The lowest BCUT2D eigenvalue weighted by atomic mass is 9.49. The van der Waals surface area contributed by atoms with Crippen LogP contribution in [0, 0.1) is 5.92 Å². The van der Waals surface area contributed by atoms with Gasteiger partial charge in [0.1, 0.15) is 12.4 Å². The Hall–Kier alpha value is -3.80. The number of para-hydroxylation sites is 1. The number of ether oxygens (including phenoxy) is 1. The number of aliphatic hydroxyl groups is 1. The summed E-state index contributed by atoms with van der Waals surface area (Å²) in [7, 11) is 18.0. The molecule has 1 saturated carbocycles. The van der Waals surface area contributed by atoms with Crippen molar-refractivity contribution in [3.8, 4) is 17.1 Å². The van der Waals surface area contributed by atoms with Crippen molar-refractivity contribution < 1.29 is 24.0 Å². The number of anilines is 3. The molecule has 1 fully saturated rings. The minimum absolute atomic E-state index is 0.0402. The lowest BCUT2D eigenvalue weighted by Crippen LogP contribution is -2.50. The molecule has 35 heavy (non-hydrogen) atoms. The van der Waals surface area contributed by atoms with Gasteiger partial charge in [-0.1, -0.05) is 16.5 Å². The van der Waals surface area contributed by atoms with Gasteiger partial charge in [-0.25, -0.2) is 4.98 Å². The number of rotatable bonds is 9. The third-order valence-corrected chi connectivity index (χ3v) is 5.01. The van der Waals surface area contributed by atoms with Crippen molar-refractivity contribution in [2.24, 2.45) is 5.92 Å². The minimum atomic E-state index is -1.96. The van der Waals surface area contributed by atoms with Gasteiger partial charge < -0.3 is 30.3 Å². The monoisotopic (exact) mass is 468 g/mol. The van der Waals surface area contributed by atoms with Gasteiger partial charge in [-0.3, -0.25) is 9.59 Å². The largest absolute Gasteiger partial charge is 0.494 e. The highest BCUT2D eigenvalue weighted by atomic mass is 16.5. The lowest BCUT2D eigenvalue weighted by molar-refractivity contribution is -0.117. The molecule has 4 N–H and O–H groups in total. The van der Waals surface area contributed by atoms with Gasteiger partial charge in [0.15, 0.2) is 5.75 Å². The fourth-order valence-electron chi connectivity index (χ4n) is 3.25. The number of methoxy groups -OCH3 is 1. The normalized spacial score (nSPS) is 13.2. The van der Waals surface area contributed by atoms with Gasteiger partial charge in [-0.05, 0) is 25.0 Å². The minimum Gasteiger partial charge on any atom is -0.494 e. The van der Waals surface area contributed by atoms with Crippen LogP contribution in [0.3, 0.4) is 0 Å². The van der Waals surface area contributed by atoms with Gasteiger partial charge in [0.2, 0.25) is 11.7 Å².